The van der Waals surface area contributed by atoms with E-state index < -0.39 is 30.3 Å². The van der Waals surface area contributed by atoms with Crippen LogP contribution in [0.2, 0.25) is 0 Å². The van der Waals surface area contributed by atoms with Crippen molar-refractivity contribution in [3.63, 3.8) is 0 Å². The van der Waals surface area contributed by atoms with Crippen LogP contribution in [0.25, 0.3) is 0 Å². The Morgan fingerprint density at radius 3 is 2.14 bits per heavy atom. The molecule has 0 amide bonds. The Morgan fingerprint density at radius 2 is 1.79 bits per heavy atom. The molecule has 1 aromatic carbocycles. The molecule has 0 aliphatic carbocycles. The van der Waals surface area contributed by atoms with E-state index in [-0.39, 0.29) is 0 Å². The third kappa shape index (κ3) is 2.19. The third-order valence-corrected chi connectivity index (χ3v) is 1.37. The van der Waals surface area contributed by atoms with Gasteiger partial charge in [0.05, 0.1) is 0 Å². The normalized spacial score (nSPS) is 9.36. The summed E-state index contributed by atoms with van der Waals surface area (Å²) in [6, 6.07) is 2.68. The zero-order valence-electron chi connectivity index (χ0n) is 6.74. The third-order valence-electron chi connectivity index (χ3n) is 1.37. The molecule has 0 aromatic heterocycles. The van der Waals surface area contributed by atoms with Crippen LogP contribution in [-0.2, 0) is 0 Å². The first kappa shape index (κ1) is 10.4. The highest BCUT2D eigenvalue weighted by Crippen LogP contribution is 2.19. The summed E-state index contributed by atoms with van der Waals surface area (Å²) in [6.07, 6.45) is 0. The first-order valence-electron chi connectivity index (χ1n) is 3.46. The topological polar surface area (TPSA) is 73.5 Å². The quantitative estimate of drug-likeness (QED) is 0.666. The van der Waals surface area contributed by atoms with Gasteiger partial charge in [-0.25, -0.2) is 8.78 Å². The van der Waals surface area contributed by atoms with Crippen LogP contribution < -0.4 is 4.65 Å². The Labute approximate surface area is 78.1 Å². The molecule has 0 radical (unpaired) electrons. The zero-order chi connectivity index (χ0) is 10.7. The number of nitriles is 1. The maximum Gasteiger partial charge on any atom is 0.707 e. The summed E-state index contributed by atoms with van der Waals surface area (Å²) < 4.78 is 29.9. The van der Waals surface area contributed by atoms with E-state index in [4.69, 9.17) is 15.3 Å². The Morgan fingerprint density at radius 1 is 1.29 bits per heavy atom. The fourth-order valence-electron chi connectivity index (χ4n) is 0.846. The summed E-state index contributed by atoms with van der Waals surface area (Å²) in [7, 11) is -2.17. The number of halogens is 2. The minimum Gasteiger partial charge on any atom is -0.512 e. The number of benzene rings is 1. The van der Waals surface area contributed by atoms with Gasteiger partial charge in [-0.3, -0.25) is 0 Å². The second kappa shape index (κ2) is 4.04. The van der Waals surface area contributed by atoms with Crippen LogP contribution in [0, 0.1) is 23.0 Å². The molecular weight excluding hydrogens is 195 g/mol. The van der Waals surface area contributed by atoms with E-state index in [1.54, 1.807) is 0 Å². The number of nitrogens with zero attached hydrogens (tertiary/aromatic N) is 1. The monoisotopic (exact) mass is 199 g/mol. The van der Waals surface area contributed by atoms with Crippen molar-refractivity contribution in [2.45, 2.75) is 0 Å². The van der Waals surface area contributed by atoms with Crippen molar-refractivity contribution in [3.8, 4) is 11.8 Å². The van der Waals surface area contributed by atoms with E-state index in [1.165, 1.54) is 6.07 Å². The number of hydrogen-bond donors (Lipinski definition) is 2. The molecule has 0 bridgehead atoms. The second-order valence-electron chi connectivity index (χ2n) is 2.32. The maximum absolute atomic E-state index is 12.9. The van der Waals surface area contributed by atoms with Crippen molar-refractivity contribution in [2.24, 2.45) is 0 Å². The van der Waals surface area contributed by atoms with E-state index in [9.17, 15) is 8.78 Å². The van der Waals surface area contributed by atoms with Crippen molar-refractivity contribution in [3.05, 3.63) is 29.3 Å². The molecule has 7 heteroatoms. The van der Waals surface area contributed by atoms with Crippen LogP contribution in [-0.4, -0.2) is 17.4 Å². The lowest BCUT2D eigenvalue weighted by atomic mass is 10.2. The highest BCUT2D eigenvalue weighted by atomic mass is 19.1. The van der Waals surface area contributed by atoms with Crippen LogP contribution in [0.3, 0.4) is 0 Å². The van der Waals surface area contributed by atoms with Crippen molar-refractivity contribution in [2.75, 3.05) is 0 Å². The van der Waals surface area contributed by atoms with Gasteiger partial charge in [-0.2, -0.15) is 5.26 Å². The van der Waals surface area contributed by atoms with Gasteiger partial charge in [-0.05, 0) is 0 Å². The molecular formula is C7H4BF2NO3. The summed E-state index contributed by atoms with van der Waals surface area (Å²) in [6.45, 7) is 0. The summed E-state index contributed by atoms with van der Waals surface area (Å²) in [4.78, 5) is 0. The summed E-state index contributed by atoms with van der Waals surface area (Å²) >= 11 is 0. The highest BCUT2D eigenvalue weighted by Gasteiger charge is 2.16. The van der Waals surface area contributed by atoms with E-state index in [0.29, 0.717) is 12.1 Å². The molecule has 0 unspecified atom stereocenters. The van der Waals surface area contributed by atoms with Gasteiger partial charge in [0.1, 0.15) is 29.0 Å². The molecule has 4 nitrogen and oxygen atoms in total. The van der Waals surface area contributed by atoms with Crippen LogP contribution in [0.1, 0.15) is 5.56 Å². The average Bonchev–Trinajstić information content (AvgIpc) is 2.01. The van der Waals surface area contributed by atoms with Gasteiger partial charge in [-0.15, -0.1) is 0 Å². The van der Waals surface area contributed by atoms with Crippen LogP contribution in [0.5, 0.6) is 5.75 Å². The predicted octanol–water partition coefficient (Wildman–Crippen LogP) is 0.185. The van der Waals surface area contributed by atoms with Crippen molar-refractivity contribution < 1.29 is 23.5 Å². The zero-order valence-corrected chi connectivity index (χ0v) is 6.74. The average molecular weight is 199 g/mol. The van der Waals surface area contributed by atoms with Gasteiger partial charge in [0.2, 0.25) is 0 Å². The summed E-state index contributed by atoms with van der Waals surface area (Å²) in [5.41, 5.74) is -0.746. The molecule has 2 N–H and O–H groups in total. The second-order valence-corrected chi connectivity index (χ2v) is 2.32. The van der Waals surface area contributed by atoms with E-state index in [1.807, 2.05) is 0 Å². The number of hydrogen-bond acceptors (Lipinski definition) is 4. The smallest absolute Gasteiger partial charge is 0.512 e. The van der Waals surface area contributed by atoms with Gasteiger partial charge in [0.25, 0.3) is 0 Å². The minimum atomic E-state index is -2.17. The fraction of sp³-hybridized carbons (Fsp3) is 0. The highest BCUT2D eigenvalue weighted by molar-refractivity contribution is 6.33. The van der Waals surface area contributed by atoms with Crippen LogP contribution in [0.4, 0.5) is 8.78 Å². The van der Waals surface area contributed by atoms with Gasteiger partial charge in [0.15, 0.2) is 0 Å². The largest absolute Gasteiger partial charge is 0.707 e. The standard InChI is InChI=1S/C7H4BF2NO3/c9-6-1-4(14-8(12)13)2-7(10)5(6)3-11/h1-2,12-13H. The lowest BCUT2D eigenvalue weighted by Crippen LogP contribution is -2.20. The summed E-state index contributed by atoms with van der Waals surface area (Å²) in [5, 5.41) is 25.0. The van der Waals surface area contributed by atoms with Gasteiger partial charge in [0, 0.05) is 12.1 Å². The summed E-state index contributed by atoms with van der Waals surface area (Å²) in [5.74, 6) is -2.65. The molecule has 0 atom stereocenters. The number of rotatable bonds is 2. The van der Waals surface area contributed by atoms with Crippen LogP contribution in [0.15, 0.2) is 12.1 Å². The molecule has 0 aliphatic rings. The van der Waals surface area contributed by atoms with Gasteiger partial charge in [-0.1, -0.05) is 0 Å². The van der Waals surface area contributed by atoms with E-state index >= 15 is 0 Å². The predicted molar refractivity (Wildman–Crippen MR) is 41.9 cm³/mol. The molecule has 0 saturated heterocycles. The molecule has 0 fully saturated rings. The van der Waals surface area contributed by atoms with Crippen molar-refractivity contribution in [1.82, 2.24) is 0 Å². The minimum absolute atomic E-state index is 0.408. The lowest BCUT2D eigenvalue weighted by Gasteiger charge is -2.05. The Kier molecular flexibility index (Phi) is 3.01. The fourth-order valence-corrected chi connectivity index (χ4v) is 0.846. The maximum atomic E-state index is 12.9. The first-order valence-corrected chi connectivity index (χ1v) is 3.46. The Bertz CT molecular complexity index is 368. The molecule has 1 aromatic rings. The van der Waals surface area contributed by atoms with E-state index in [2.05, 4.69) is 4.65 Å². The van der Waals surface area contributed by atoms with E-state index in [0.717, 1.165) is 0 Å². The molecule has 1 rings (SSSR count). The SMILES string of the molecule is N#Cc1c(F)cc(OB(O)O)cc1F. The molecule has 14 heavy (non-hydrogen) atoms. The Hall–Kier alpha value is -1.65. The molecule has 72 valence electrons. The Balaban J connectivity index is 3.09. The first-order chi connectivity index (χ1) is 6.54. The lowest BCUT2D eigenvalue weighted by molar-refractivity contribution is 0.287. The van der Waals surface area contributed by atoms with Crippen molar-refractivity contribution >= 4 is 7.32 Å². The van der Waals surface area contributed by atoms with Gasteiger partial charge < -0.3 is 14.7 Å². The molecule has 0 aliphatic heterocycles. The van der Waals surface area contributed by atoms with Crippen molar-refractivity contribution in [1.29, 1.82) is 5.26 Å². The van der Waals surface area contributed by atoms with Crippen LogP contribution >= 0.6 is 0 Å². The molecule has 0 heterocycles. The molecule has 0 spiro atoms. The van der Waals surface area contributed by atoms with Gasteiger partial charge >= 0.3 is 7.32 Å². The molecule has 0 saturated carbocycles.